The maximum absolute atomic E-state index is 13.4. The standard InChI is InChI=1S/C26H31FN4O3S/c1-17(2)24(18-8-12-21(33-3)13-9-18)28-23(32)16-35-26-30-29-25(19-6-10-20(27)11-7-19)31(26)15-22-5-4-14-34-22/h6-13,17,22,24H,4-5,14-16H2,1-3H3,(H,28,32). The Hall–Kier alpha value is -2.91. The lowest BCUT2D eigenvalue weighted by molar-refractivity contribution is -0.119. The van der Waals surface area contributed by atoms with E-state index >= 15 is 0 Å². The van der Waals surface area contributed by atoms with E-state index in [1.54, 1.807) is 19.2 Å². The van der Waals surface area contributed by atoms with Crippen LogP contribution >= 0.6 is 11.8 Å². The summed E-state index contributed by atoms with van der Waals surface area (Å²) < 4.78 is 26.5. The van der Waals surface area contributed by atoms with E-state index in [9.17, 15) is 9.18 Å². The molecule has 3 aromatic rings. The third-order valence-corrected chi connectivity index (χ3v) is 6.99. The van der Waals surface area contributed by atoms with Crippen LogP contribution in [0.3, 0.4) is 0 Å². The van der Waals surface area contributed by atoms with Crippen molar-refractivity contribution in [3.63, 3.8) is 0 Å². The number of halogens is 1. The second kappa shape index (κ2) is 11.7. The van der Waals surface area contributed by atoms with E-state index in [1.807, 2.05) is 28.8 Å². The van der Waals surface area contributed by atoms with Gasteiger partial charge in [-0.05, 0) is 60.7 Å². The summed E-state index contributed by atoms with van der Waals surface area (Å²) in [6, 6.07) is 13.8. The van der Waals surface area contributed by atoms with Crippen molar-refractivity contribution in [3.8, 4) is 17.1 Å². The number of carbonyl (C=O) groups excluding carboxylic acids is 1. The van der Waals surface area contributed by atoms with Gasteiger partial charge in [-0.1, -0.05) is 37.7 Å². The number of nitrogens with zero attached hydrogens (tertiary/aromatic N) is 3. The van der Waals surface area contributed by atoms with Crippen molar-refractivity contribution in [3.05, 3.63) is 59.9 Å². The minimum Gasteiger partial charge on any atom is -0.497 e. The summed E-state index contributed by atoms with van der Waals surface area (Å²) in [6.07, 6.45) is 2.05. The van der Waals surface area contributed by atoms with E-state index in [0.717, 1.165) is 36.3 Å². The predicted octanol–water partition coefficient (Wildman–Crippen LogP) is 4.88. The first kappa shape index (κ1) is 25.2. The maximum atomic E-state index is 13.4. The van der Waals surface area contributed by atoms with E-state index in [0.29, 0.717) is 17.5 Å². The van der Waals surface area contributed by atoms with Gasteiger partial charge in [0.05, 0.1) is 31.6 Å². The van der Waals surface area contributed by atoms with Crippen LogP contribution in [0.25, 0.3) is 11.4 Å². The average molecular weight is 499 g/mol. The molecular formula is C26H31FN4O3S. The number of thioether (sulfide) groups is 1. The Morgan fingerprint density at radius 2 is 1.94 bits per heavy atom. The number of hydrogen-bond acceptors (Lipinski definition) is 6. The molecule has 0 saturated carbocycles. The highest BCUT2D eigenvalue weighted by atomic mass is 32.2. The van der Waals surface area contributed by atoms with Gasteiger partial charge in [-0.3, -0.25) is 9.36 Å². The molecule has 7 nitrogen and oxygen atoms in total. The molecule has 1 amide bonds. The Balaban J connectivity index is 1.47. The van der Waals surface area contributed by atoms with Crippen molar-refractivity contribution in [2.45, 2.75) is 50.5 Å². The van der Waals surface area contributed by atoms with Crippen LogP contribution in [0.5, 0.6) is 5.75 Å². The number of carbonyl (C=O) groups is 1. The van der Waals surface area contributed by atoms with Gasteiger partial charge in [0, 0.05) is 12.2 Å². The lowest BCUT2D eigenvalue weighted by Crippen LogP contribution is -2.33. The Labute approximate surface area is 209 Å². The normalized spacial score (nSPS) is 16.4. The molecule has 2 aromatic carbocycles. The van der Waals surface area contributed by atoms with Crippen LogP contribution in [0.1, 0.15) is 38.3 Å². The molecule has 186 valence electrons. The second-order valence-electron chi connectivity index (χ2n) is 8.91. The van der Waals surface area contributed by atoms with Gasteiger partial charge in [0.25, 0.3) is 0 Å². The second-order valence-corrected chi connectivity index (χ2v) is 9.85. The van der Waals surface area contributed by atoms with E-state index in [1.165, 1.54) is 23.9 Å². The fraction of sp³-hybridized carbons (Fsp3) is 0.423. The first-order valence-corrected chi connectivity index (χ1v) is 12.8. The molecule has 0 bridgehead atoms. The average Bonchev–Trinajstić information content (AvgIpc) is 3.52. The Bertz CT molecular complexity index is 1110. The molecule has 0 aliphatic carbocycles. The van der Waals surface area contributed by atoms with Crippen molar-refractivity contribution in [1.82, 2.24) is 20.1 Å². The van der Waals surface area contributed by atoms with Crippen molar-refractivity contribution < 1.29 is 18.7 Å². The molecule has 0 spiro atoms. The Kier molecular flexibility index (Phi) is 8.41. The predicted molar refractivity (Wildman–Crippen MR) is 134 cm³/mol. The SMILES string of the molecule is COc1ccc(C(NC(=O)CSc2nnc(-c3ccc(F)cc3)n2CC2CCCO2)C(C)C)cc1. The molecule has 4 rings (SSSR count). The summed E-state index contributed by atoms with van der Waals surface area (Å²) in [7, 11) is 1.63. The zero-order valence-corrected chi connectivity index (χ0v) is 21.1. The molecule has 0 radical (unpaired) electrons. The van der Waals surface area contributed by atoms with Crippen LogP contribution in [0, 0.1) is 11.7 Å². The highest BCUT2D eigenvalue weighted by Gasteiger charge is 2.23. The van der Waals surface area contributed by atoms with E-state index in [-0.39, 0.29) is 35.5 Å². The number of nitrogens with one attached hydrogen (secondary N) is 1. The number of hydrogen-bond donors (Lipinski definition) is 1. The number of methoxy groups -OCH3 is 1. The number of aromatic nitrogens is 3. The molecule has 1 N–H and O–H groups in total. The first-order valence-electron chi connectivity index (χ1n) is 11.8. The lowest BCUT2D eigenvalue weighted by atomic mass is 9.96. The number of benzene rings is 2. The summed E-state index contributed by atoms with van der Waals surface area (Å²) in [5.41, 5.74) is 1.80. The van der Waals surface area contributed by atoms with Crippen molar-refractivity contribution in [1.29, 1.82) is 0 Å². The highest BCUT2D eigenvalue weighted by Crippen LogP contribution is 2.28. The molecule has 2 unspecified atom stereocenters. The first-order chi connectivity index (χ1) is 16.9. The summed E-state index contributed by atoms with van der Waals surface area (Å²) >= 11 is 1.34. The number of amides is 1. The molecule has 1 aliphatic heterocycles. The van der Waals surface area contributed by atoms with Gasteiger partial charge in [0.15, 0.2) is 11.0 Å². The van der Waals surface area contributed by atoms with Gasteiger partial charge in [-0.2, -0.15) is 0 Å². The number of rotatable bonds is 10. The van der Waals surface area contributed by atoms with Crippen molar-refractivity contribution in [2.75, 3.05) is 19.5 Å². The quantitative estimate of drug-likeness (QED) is 0.402. The van der Waals surface area contributed by atoms with E-state index in [4.69, 9.17) is 9.47 Å². The maximum Gasteiger partial charge on any atom is 0.230 e. The number of ether oxygens (including phenoxy) is 2. The molecule has 1 saturated heterocycles. The summed E-state index contributed by atoms with van der Waals surface area (Å²) in [4.78, 5) is 12.9. The molecular weight excluding hydrogens is 467 g/mol. The van der Waals surface area contributed by atoms with Crippen molar-refractivity contribution >= 4 is 17.7 Å². The lowest BCUT2D eigenvalue weighted by Gasteiger charge is -2.23. The zero-order valence-electron chi connectivity index (χ0n) is 20.2. The fourth-order valence-electron chi connectivity index (χ4n) is 4.16. The Morgan fingerprint density at radius 3 is 2.57 bits per heavy atom. The molecule has 9 heteroatoms. The third kappa shape index (κ3) is 6.41. The molecule has 2 atom stereocenters. The summed E-state index contributed by atoms with van der Waals surface area (Å²) in [6.45, 7) is 5.49. The molecule has 1 fully saturated rings. The highest BCUT2D eigenvalue weighted by molar-refractivity contribution is 7.99. The van der Waals surface area contributed by atoms with Crippen LogP contribution in [-0.2, 0) is 16.1 Å². The third-order valence-electron chi connectivity index (χ3n) is 6.02. The Morgan fingerprint density at radius 1 is 1.20 bits per heavy atom. The van der Waals surface area contributed by atoms with Crippen LogP contribution < -0.4 is 10.1 Å². The largest absolute Gasteiger partial charge is 0.497 e. The van der Waals surface area contributed by atoms with Gasteiger partial charge >= 0.3 is 0 Å². The van der Waals surface area contributed by atoms with Crippen LogP contribution in [0.4, 0.5) is 4.39 Å². The topological polar surface area (TPSA) is 78.3 Å². The minimum absolute atomic E-state index is 0.0683. The van der Waals surface area contributed by atoms with E-state index < -0.39 is 0 Å². The van der Waals surface area contributed by atoms with Gasteiger partial charge in [0.1, 0.15) is 11.6 Å². The van der Waals surface area contributed by atoms with Crippen LogP contribution in [0.2, 0.25) is 0 Å². The van der Waals surface area contributed by atoms with E-state index in [2.05, 4.69) is 29.4 Å². The fourth-order valence-corrected chi connectivity index (χ4v) is 4.91. The van der Waals surface area contributed by atoms with Gasteiger partial charge in [-0.25, -0.2) is 4.39 Å². The van der Waals surface area contributed by atoms with Gasteiger partial charge in [0.2, 0.25) is 5.91 Å². The zero-order chi connectivity index (χ0) is 24.8. The van der Waals surface area contributed by atoms with Crippen LogP contribution in [-0.4, -0.2) is 46.2 Å². The van der Waals surface area contributed by atoms with Gasteiger partial charge in [-0.15, -0.1) is 10.2 Å². The monoisotopic (exact) mass is 498 g/mol. The summed E-state index contributed by atoms with van der Waals surface area (Å²) in [5, 5.41) is 12.5. The molecule has 2 heterocycles. The molecule has 1 aliphatic rings. The smallest absolute Gasteiger partial charge is 0.230 e. The summed E-state index contributed by atoms with van der Waals surface area (Å²) in [5.74, 6) is 1.45. The molecule has 35 heavy (non-hydrogen) atoms. The minimum atomic E-state index is -0.304. The van der Waals surface area contributed by atoms with Crippen LogP contribution in [0.15, 0.2) is 53.7 Å². The van der Waals surface area contributed by atoms with Gasteiger partial charge < -0.3 is 14.8 Å². The van der Waals surface area contributed by atoms with Crippen molar-refractivity contribution in [2.24, 2.45) is 5.92 Å². The molecule has 1 aromatic heterocycles.